The summed E-state index contributed by atoms with van der Waals surface area (Å²) < 4.78 is 31.9. The lowest BCUT2D eigenvalue weighted by atomic mass is 10.2. The molecule has 1 fully saturated rings. The van der Waals surface area contributed by atoms with Crippen molar-refractivity contribution in [2.24, 2.45) is 0 Å². The average molecular weight is 381 g/mol. The quantitative estimate of drug-likeness (QED) is 0.745. The van der Waals surface area contributed by atoms with Crippen LogP contribution in [-0.4, -0.2) is 36.8 Å². The summed E-state index contributed by atoms with van der Waals surface area (Å²) in [4.78, 5) is 16.4. The fourth-order valence-electron chi connectivity index (χ4n) is 2.60. The lowest BCUT2D eigenvalue weighted by Gasteiger charge is -2.16. The molecule has 132 valence electrons. The Morgan fingerprint density at radius 2 is 1.96 bits per heavy atom. The zero-order chi connectivity index (χ0) is 17.9. The number of nitrogens with zero attached hydrogens (tertiary/aromatic N) is 2. The third kappa shape index (κ3) is 4.00. The molecule has 0 bridgehead atoms. The first-order chi connectivity index (χ1) is 12.0. The molecule has 0 atom stereocenters. The Labute approximate surface area is 151 Å². The van der Waals surface area contributed by atoms with Gasteiger partial charge in [-0.25, -0.2) is 13.2 Å². The van der Waals surface area contributed by atoms with Crippen LogP contribution in [0.15, 0.2) is 47.5 Å². The number of rotatable bonds is 5. The number of ether oxygens (including phenoxy) is 1. The van der Waals surface area contributed by atoms with Crippen LogP contribution in [0.3, 0.4) is 0 Å². The Morgan fingerprint density at radius 3 is 2.64 bits per heavy atom. The zero-order valence-corrected chi connectivity index (χ0v) is 15.0. The van der Waals surface area contributed by atoms with Crippen LogP contribution in [0.2, 0.25) is 5.02 Å². The summed E-state index contributed by atoms with van der Waals surface area (Å²) in [6, 6.07) is 9.36. The maximum absolute atomic E-state index is 12.6. The van der Waals surface area contributed by atoms with Gasteiger partial charge in [0.2, 0.25) is 10.0 Å². The number of carbonyl (C=O) groups is 1. The second kappa shape index (κ2) is 7.51. The van der Waals surface area contributed by atoms with E-state index in [2.05, 4.69) is 4.98 Å². The first-order valence-corrected chi connectivity index (χ1v) is 9.67. The third-order valence-electron chi connectivity index (χ3n) is 3.94. The van der Waals surface area contributed by atoms with Gasteiger partial charge in [0.15, 0.2) is 0 Å². The van der Waals surface area contributed by atoms with Crippen LogP contribution in [-0.2, 0) is 21.4 Å². The maximum atomic E-state index is 12.6. The first-order valence-electron chi connectivity index (χ1n) is 7.85. The zero-order valence-electron chi connectivity index (χ0n) is 13.4. The van der Waals surface area contributed by atoms with Crippen molar-refractivity contribution in [1.82, 2.24) is 9.29 Å². The molecule has 8 heteroatoms. The number of carbonyl (C=O) groups excluding carboxylic acids is 1. The van der Waals surface area contributed by atoms with Gasteiger partial charge in [-0.3, -0.25) is 4.98 Å². The number of benzene rings is 1. The summed E-state index contributed by atoms with van der Waals surface area (Å²) in [5.74, 6) is -0.686. The van der Waals surface area contributed by atoms with Crippen LogP contribution in [0, 0.1) is 0 Å². The highest BCUT2D eigenvalue weighted by Gasteiger charge is 2.28. The van der Waals surface area contributed by atoms with Gasteiger partial charge in [-0.15, -0.1) is 0 Å². The van der Waals surface area contributed by atoms with Crippen molar-refractivity contribution < 1.29 is 17.9 Å². The molecule has 1 aliphatic rings. The van der Waals surface area contributed by atoms with Gasteiger partial charge in [0.1, 0.15) is 6.61 Å². The van der Waals surface area contributed by atoms with Gasteiger partial charge in [-0.05, 0) is 43.2 Å². The lowest BCUT2D eigenvalue weighted by molar-refractivity contribution is 0.0467. The summed E-state index contributed by atoms with van der Waals surface area (Å²) in [7, 11) is -3.62. The fraction of sp³-hybridized carbons (Fsp3) is 0.294. The predicted molar refractivity (Wildman–Crippen MR) is 92.8 cm³/mol. The van der Waals surface area contributed by atoms with Gasteiger partial charge in [0.05, 0.1) is 21.2 Å². The fourth-order valence-corrected chi connectivity index (χ4v) is 4.34. The highest BCUT2D eigenvalue weighted by atomic mass is 35.5. The van der Waals surface area contributed by atoms with E-state index in [1.54, 1.807) is 24.4 Å². The van der Waals surface area contributed by atoms with Crippen molar-refractivity contribution in [3.05, 3.63) is 58.9 Å². The van der Waals surface area contributed by atoms with Crippen molar-refractivity contribution in [3.8, 4) is 0 Å². The van der Waals surface area contributed by atoms with E-state index in [1.807, 2.05) is 0 Å². The van der Waals surface area contributed by atoms with Crippen LogP contribution in [0.1, 0.15) is 28.9 Å². The molecular weight excluding hydrogens is 364 g/mol. The van der Waals surface area contributed by atoms with Crippen molar-refractivity contribution in [2.45, 2.75) is 24.3 Å². The van der Waals surface area contributed by atoms with Gasteiger partial charge in [-0.1, -0.05) is 17.7 Å². The third-order valence-corrected chi connectivity index (χ3v) is 6.16. The van der Waals surface area contributed by atoms with Crippen molar-refractivity contribution in [2.75, 3.05) is 13.1 Å². The average Bonchev–Trinajstić information content (AvgIpc) is 3.16. The number of halogens is 1. The summed E-state index contributed by atoms with van der Waals surface area (Å²) >= 11 is 6.06. The minimum absolute atomic E-state index is 0.0148. The minimum atomic E-state index is -3.62. The molecule has 0 radical (unpaired) electrons. The molecular formula is C17H17ClN2O4S. The van der Waals surface area contributed by atoms with Gasteiger partial charge >= 0.3 is 5.97 Å². The highest BCUT2D eigenvalue weighted by molar-refractivity contribution is 7.89. The van der Waals surface area contributed by atoms with Crippen LogP contribution in [0.25, 0.3) is 0 Å². The topological polar surface area (TPSA) is 76.6 Å². The van der Waals surface area contributed by atoms with E-state index >= 15 is 0 Å². The van der Waals surface area contributed by atoms with Crippen LogP contribution < -0.4 is 0 Å². The molecule has 6 nitrogen and oxygen atoms in total. The Morgan fingerprint density at radius 1 is 1.20 bits per heavy atom. The molecule has 1 aliphatic heterocycles. The number of aromatic nitrogens is 1. The van der Waals surface area contributed by atoms with Crippen LogP contribution >= 0.6 is 11.6 Å². The van der Waals surface area contributed by atoms with Gasteiger partial charge in [0.25, 0.3) is 0 Å². The standard InChI is InChI=1S/C17H17ClN2O4S/c18-16-7-6-14(25(22,23)20-9-3-4-10-20)11-15(16)17(21)24-12-13-5-1-2-8-19-13/h1-2,5-8,11H,3-4,9-10,12H2. The molecule has 1 aromatic carbocycles. The largest absolute Gasteiger partial charge is 0.456 e. The molecule has 0 unspecified atom stereocenters. The summed E-state index contributed by atoms with van der Waals surface area (Å²) in [5, 5.41) is 0.145. The molecule has 2 heterocycles. The van der Waals surface area contributed by atoms with Crippen molar-refractivity contribution in [3.63, 3.8) is 0 Å². The van der Waals surface area contributed by atoms with E-state index < -0.39 is 16.0 Å². The van der Waals surface area contributed by atoms with E-state index in [-0.39, 0.29) is 22.1 Å². The molecule has 2 aromatic rings. The monoisotopic (exact) mass is 380 g/mol. The second-order valence-electron chi connectivity index (χ2n) is 5.65. The molecule has 0 amide bonds. The van der Waals surface area contributed by atoms with E-state index in [9.17, 15) is 13.2 Å². The lowest BCUT2D eigenvalue weighted by Crippen LogP contribution is -2.28. The number of sulfonamides is 1. The van der Waals surface area contributed by atoms with Gasteiger partial charge in [0, 0.05) is 19.3 Å². The van der Waals surface area contributed by atoms with Gasteiger partial charge in [-0.2, -0.15) is 4.31 Å². The van der Waals surface area contributed by atoms with Crippen LogP contribution in [0.5, 0.6) is 0 Å². The Kier molecular flexibility index (Phi) is 5.36. The van der Waals surface area contributed by atoms with Gasteiger partial charge < -0.3 is 4.74 Å². The number of hydrogen-bond donors (Lipinski definition) is 0. The second-order valence-corrected chi connectivity index (χ2v) is 8.00. The number of hydrogen-bond acceptors (Lipinski definition) is 5. The number of pyridine rings is 1. The molecule has 0 aliphatic carbocycles. The molecule has 0 spiro atoms. The Balaban J connectivity index is 1.80. The SMILES string of the molecule is O=C(OCc1ccccn1)c1cc(S(=O)(=O)N2CCCC2)ccc1Cl. The smallest absolute Gasteiger partial charge is 0.340 e. The molecule has 1 saturated heterocycles. The summed E-state index contributed by atoms with van der Waals surface area (Å²) in [5.41, 5.74) is 0.616. The Hall–Kier alpha value is -1.96. The molecule has 3 rings (SSSR count). The predicted octanol–water partition coefficient (Wildman–Crippen LogP) is 2.88. The van der Waals surface area contributed by atoms with Crippen molar-refractivity contribution in [1.29, 1.82) is 0 Å². The highest BCUT2D eigenvalue weighted by Crippen LogP contribution is 2.26. The minimum Gasteiger partial charge on any atom is -0.456 e. The van der Waals surface area contributed by atoms with E-state index in [4.69, 9.17) is 16.3 Å². The van der Waals surface area contributed by atoms with E-state index in [1.165, 1.54) is 22.5 Å². The first kappa shape index (κ1) is 17.8. The summed E-state index contributed by atoms with van der Waals surface area (Å²) in [6.45, 7) is 0.966. The molecule has 0 N–H and O–H groups in total. The van der Waals surface area contributed by atoms with Crippen LogP contribution in [0.4, 0.5) is 0 Å². The molecule has 1 aromatic heterocycles. The normalized spacial score (nSPS) is 15.2. The van der Waals surface area contributed by atoms with E-state index in [0.29, 0.717) is 18.8 Å². The summed E-state index contributed by atoms with van der Waals surface area (Å²) in [6.07, 6.45) is 3.27. The van der Waals surface area contributed by atoms with Crippen molar-refractivity contribution >= 4 is 27.6 Å². The molecule has 25 heavy (non-hydrogen) atoms. The number of esters is 1. The Bertz CT molecular complexity index is 865. The van der Waals surface area contributed by atoms with E-state index in [0.717, 1.165) is 12.8 Å². The maximum Gasteiger partial charge on any atom is 0.340 e. The molecule has 0 saturated carbocycles.